The fourth-order valence-electron chi connectivity index (χ4n) is 1.25. The van der Waals surface area contributed by atoms with Crippen molar-refractivity contribution in [1.82, 2.24) is 5.32 Å². The quantitative estimate of drug-likeness (QED) is 0.646. The molecule has 1 aromatic carbocycles. The van der Waals surface area contributed by atoms with Gasteiger partial charge in [-0.2, -0.15) is 0 Å². The molecule has 4 nitrogen and oxygen atoms in total. The van der Waals surface area contributed by atoms with E-state index < -0.39 is 12.1 Å². The van der Waals surface area contributed by atoms with Gasteiger partial charge in [-0.05, 0) is 24.6 Å². The summed E-state index contributed by atoms with van der Waals surface area (Å²) >= 11 is 0. The van der Waals surface area contributed by atoms with E-state index >= 15 is 0 Å². The molecular weight excluding hydrogens is 230 g/mol. The monoisotopic (exact) mass is 245 g/mol. The van der Waals surface area contributed by atoms with Gasteiger partial charge in [-0.1, -0.05) is 18.1 Å². The van der Waals surface area contributed by atoms with Gasteiger partial charge < -0.3 is 10.1 Å². The van der Waals surface area contributed by atoms with Crippen molar-refractivity contribution in [2.75, 3.05) is 0 Å². The van der Waals surface area contributed by atoms with Crippen LogP contribution in [0.2, 0.25) is 0 Å². The van der Waals surface area contributed by atoms with E-state index in [9.17, 15) is 9.59 Å². The molecule has 0 radical (unpaired) electrons. The van der Waals surface area contributed by atoms with Gasteiger partial charge in [0, 0.05) is 13.5 Å². The Morgan fingerprint density at radius 1 is 1.39 bits per heavy atom. The molecular formula is C14H15NO3. The summed E-state index contributed by atoms with van der Waals surface area (Å²) in [5, 5.41) is 2.67. The Kier molecular flexibility index (Phi) is 4.94. The van der Waals surface area contributed by atoms with Crippen LogP contribution in [-0.4, -0.2) is 18.0 Å². The van der Waals surface area contributed by atoms with E-state index in [0.29, 0.717) is 12.1 Å². The summed E-state index contributed by atoms with van der Waals surface area (Å²) in [6.07, 6.45) is 4.58. The third-order valence-corrected chi connectivity index (χ3v) is 2.25. The number of amides is 1. The lowest BCUT2D eigenvalue weighted by molar-refractivity contribution is -0.119. The van der Waals surface area contributed by atoms with Gasteiger partial charge in [-0.3, -0.25) is 4.79 Å². The molecule has 0 unspecified atom stereocenters. The Morgan fingerprint density at radius 3 is 2.50 bits per heavy atom. The third-order valence-electron chi connectivity index (χ3n) is 2.25. The van der Waals surface area contributed by atoms with Crippen LogP contribution in [-0.2, 0) is 16.1 Å². The van der Waals surface area contributed by atoms with Crippen LogP contribution in [0, 0.1) is 12.3 Å². The Morgan fingerprint density at radius 2 is 2.00 bits per heavy atom. The predicted molar refractivity (Wildman–Crippen MR) is 67.7 cm³/mol. The van der Waals surface area contributed by atoms with Crippen molar-refractivity contribution in [3.63, 3.8) is 0 Å². The van der Waals surface area contributed by atoms with Gasteiger partial charge >= 0.3 is 5.97 Å². The number of carbonyl (C=O) groups is 2. The highest BCUT2D eigenvalue weighted by molar-refractivity contribution is 5.89. The Balaban J connectivity index is 2.62. The number of hydrogen-bond donors (Lipinski definition) is 1. The van der Waals surface area contributed by atoms with E-state index in [2.05, 4.69) is 11.2 Å². The minimum Gasteiger partial charge on any atom is -0.446 e. The lowest BCUT2D eigenvalue weighted by Gasteiger charge is -2.08. The van der Waals surface area contributed by atoms with Crippen LogP contribution in [0.5, 0.6) is 0 Å². The molecule has 0 aliphatic rings. The molecule has 0 bridgehead atoms. The number of terminal acetylenes is 1. The molecule has 4 heteroatoms. The maximum absolute atomic E-state index is 11.6. The summed E-state index contributed by atoms with van der Waals surface area (Å²) in [6, 6.07) is 6.80. The molecule has 1 amide bonds. The Hall–Kier alpha value is -2.28. The summed E-state index contributed by atoms with van der Waals surface area (Å²) in [7, 11) is 0. The number of nitrogens with one attached hydrogen (secondary N) is 1. The normalized spacial score (nSPS) is 11.2. The van der Waals surface area contributed by atoms with Crippen LogP contribution in [0.25, 0.3) is 0 Å². The van der Waals surface area contributed by atoms with E-state index in [1.165, 1.54) is 6.92 Å². The lowest BCUT2D eigenvalue weighted by Crippen LogP contribution is -2.19. The van der Waals surface area contributed by atoms with E-state index in [-0.39, 0.29) is 5.91 Å². The van der Waals surface area contributed by atoms with E-state index in [0.717, 1.165) is 5.56 Å². The molecule has 0 saturated carbocycles. The van der Waals surface area contributed by atoms with Gasteiger partial charge in [-0.15, -0.1) is 6.42 Å². The highest BCUT2D eigenvalue weighted by Crippen LogP contribution is 2.07. The third kappa shape index (κ3) is 4.30. The topological polar surface area (TPSA) is 55.4 Å². The first-order valence-electron chi connectivity index (χ1n) is 5.53. The minimum absolute atomic E-state index is 0.0960. The highest BCUT2D eigenvalue weighted by atomic mass is 16.5. The van der Waals surface area contributed by atoms with Crippen molar-refractivity contribution >= 4 is 11.9 Å². The average Bonchev–Trinajstić information content (AvgIpc) is 2.36. The van der Waals surface area contributed by atoms with Gasteiger partial charge in [-0.25, -0.2) is 4.79 Å². The molecule has 94 valence electrons. The maximum atomic E-state index is 11.6. The standard InChI is InChI=1S/C14H15NO3/c1-4-10(2)18-14(17)13-7-5-12(6-8-13)9-15-11(3)16/h1,5-8,10H,9H2,2-3H3,(H,15,16)/t10-/m1/s1. The SMILES string of the molecule is C#C[C@@H](C)OC(=O)c1ccc(CNC(C)=O)cc1. The molecule has 0 spiro atoms. The van der Waals surface area contributed by atoms with Crippen molar-refractivity contribution in [2.24, 2.45) is 0 Å². The van der Waals surface area contributed by atoms with Crippen molar-refractivity contribution in [2.45, 2.75) is 26.5 Å². The van der Waals surface area contributed by atoms with Gasteiger partial charge in [0.05, 0.1) is 5.56 Å². The van der Waals surface area contributed by atoms with Crippen molar-refractivity contribution < 1.29 is 14.3 Å². The number of rotatable bonds is 4. The van der Waals surface area contributed by atoms with Crippen LogP contribution in [0.4, 0.5) is 0 Å². The van der Waals surface area contributed by atoms with E-state index in [4.69, 9.17) is 11.2 Å². The van der Waals surface area contributed by atoms with Crippen molar-refractivity contribution in [3.05, 3.63) is 35.4 Å². The fourth-order valence-corrected chi connectivity index (χ4v) is 1.25. The number of benzene rings is 1. The minimum atomic E-state index is -0.545. The Labute approximate surface area is 106 Å². The summed E-state index contributed by atoms with van der Waals surface area (Å²) < 4.78 is 4.98. The predicted octanol–water partition coefficient (Wildman–Crippen LogP) is 1.50. The molecule has 18 heavy (non-hydrogen) atoms. The first-order chi connectivity index (χ1) is 8.52. The zero-order chi connectivity index (χ0) is 13.5. The van der Waals surface area contributed by atoms with E-state index in [1.54, 1.807) is 31.2 Å². The second-order valence-corrected chi connectivity index (χ2v) is 3.82. The van der Waals surface area contributed by atoms with Crippen LogP contribution < -0.4 is 5.32 Å². The van der Waals surface area contributed by atoms with Gasteiger partial charge in [0.2, 0.25) is 5.91 Å². The Bertz CT molecular complexity index is 471. The number of carbonyl (C=O) groups excluding carboxylic acids is 2. The first-order valence-corrected chi connectivity index (χ1v) is 5.53. The second kappa shape index (κ2) is 6.45. The lowest BCUT2D eigenvalue weighted by atomic mass is 10.1. The summed E-state index contributed by atoms with van der Waals surface area (Å²) in [5.74, 6) is 1.77. The zero-order valence-corrected chi connectivity index (χ0v) is 10.4. The zero-order valence-electron chi connectivity index (χ0n) is 10.4. The van der Waals surface area contributed by atoms with Crippen LogP contribution in [0.3, 0.4) is 0 Å². The molecule has 0 fully saturated rings. The van der Waals surface area contributed by atoms with Crippen molar-refractivity contribution in [1.29, 1.82) is 0 Å². The fraction of sp³-hybridized carbons (Fsp3) is 0.286. The largest absolute Gasteiger partial charge is 0.446 e. The van der Waals surface area contributed by atoms with Crippen LogP contribution >= 0.6 is 0 Å². The van der Waals surface area contributed by atoms with Crippen molar-refractivity contribution in [3.8, 4) is 12.3 Å². The van der Waals surface area contributed by atoms with E-state index in [1.807, 2.05) is 0 Å². The maximum Gasteiger partial charge on any atom is 0.339 e. The first kappa shape index (κ1) is 13.8. The molecule has 1 atom stereocenters. The molecule has 0 aromatic heterocycles. The molecule has 0 aliphatic carbocycles. The number of hydrogen-bond acceptors (Lipinski definition) is 3. The smallest absolute Gasteiger partial charge is 0.339 e. The van der Waals surface area contributed by atoms with Crippen LogP contribution in [0.15, 0.2) is 24.3 Å². The highest BCUT2D eigenvalue weighted by Gasteiger charge is 2.09. The van der Waals surface area contributed by atoms with Crippen LogP contribution in [0.1, 0.15) is 29.8 Å². The average molecular weight is 245 g/mol. The molecule has 0 heterocycles. The molecule has 0 aliphatic heterocycles. The number of ether oxygens (including phenoxy) is 1. The summed E-state index contributed by atoms with van der Waals surface area (Å²) in [6.45, 7) is 3.52. The second-order valence-electron chi connectivity index (χ2n) is 3.82. The number of esters is 1. The molecule has 1 N–H and O–H groups in total. The van der Waals surface area contributed by atoms with Gasteiger partial charge in [0.15, 0.2) is 6.10 Å². The molecule has 1 rings (SSSR count). The molecule has 1 aromatic rings. The summed E-state index contributed by atoms with van der Waals surface area (Å²) in [4.78, 5) is 22.3. The van der Waals surface area contributed by atoms with Gasteiger partial charge in [0.25, 0.3) is 0 Å². The summed E-state index contributed by atoms with van der Waals surface area (Å²) in [5.41, 5.74) is 1.34. The molecule has 0 saturated heterocycles. The van der Waals surface area contributed by atoms with Gasteiger partial charge in [0.1, 0.15) is 0 Å².